The van der Waals surface area contributed by atoms with Crippen LogP contribution in [0.15, 0.2) is 12.1 Å². The lowest BCUT2D eigenvalue weighted by molar-refractivity contribution is -0.384. The highest BCUT2D eigenvalue weighted by Gasteiger charge is 2.14. The second-order valence-electron chi connectivity index (χ2n) is 3.46. The number of nitrogens with two attached hydrogens (primary N) is 1. The molecule has 1 aromatic heterocycles. The van der Waals surface area contributed by atoms with Crippen LogP contribution in [0.3, 0.4) is 0 Å². The average molecular weight is 250 g/mol. The van der Waals surface area contributed by atoms with E-state index < -0.39 is 4.92 Å². The topological polar surface area (TPSA) is 121 Å². The van der Waals surface area contributed by atoms with E-state index in [4.69, 9.17) is 11.1 Å². The number of pyridine rings is 1. The third kappa shape index (κ3) is 3.29. The molecule has 0 aliphatic heterocycles. The zero-order chi connectivity index (χ0) is 13.5. The van der Waals surface area contributed by atoms with Crippen LogP contribution in [0.1, 0.15) is 13.3 Å². The van der Waals surface area contributed by atoms with Gasteiger partial charge >= 0.3 is 0 Å². The van der Waals surface area contributed by atoms with Gasteiger partial charge in [0, 0.05) is 13.1 Å². The van der Waals surface area contributed by atoms with Crippen LogP contribution in [0, 0.1) is 21.4 Å². The molecule has 0 spiro atoms. The highest BCUT2D eigenvalue weighted by Crippen LogP contribution is 2.22. The van der Waals surface area contributed by atoms with Crippen LogP contribution < -0.4 is 16.2 Å². The van der Waals surface area contributed by atoms with Crippen molar-refractivity contribution >= 4 is 17.3 Å². The van der Waals surface area contributed by atoms with Gasteiger partial charge in [0.25, 0.3) is 5.69 Å². The molecular weight excluding hydrogens is 236 g/mol. The fourth-order valence-electron chi connectivity index (χ4n) is 1.46. The summed E-state index contributed by atoms with van der Waals surface area (Å²) in [5.41, 5.74) is 2.20. The fourth-order valence-corrected chi connectivity index (χ4v) is 1.46. The molecule has 8 nitrogen and oxygen atoms in total. The van der Waals surface area contributed by atoms with Crippen molar-refractivity contribution in [2.75, 3.05) is 23.4 Å². The number of nitro groups is 1. The highest BCUT2D eigenvalue weighted by atomic mass is 16.6. The van der Waals surface area contributed by atoms with Crippen molar-refractivity contribution in [3.63, 3.8) is 0 Å². The summed E-state index contributed by atoms with van der Waals surface area (Å²) >= 11 is 0. The Labute approximate surface area is 104 Å². The van der Waals surface area contributed by atoms with Crippen LogP contribution in [0.4, 0.5) is 17.3 Å². The molecule has 0 bridgehead atoms. The van der Waals surface area contributed by atoms with Gasteiger partial charge in [0.15, 0.2) is 0 Å². The monoisotopic (exact) mass is 250 g/mol. The molecule has 0 aromatic carbocycles. The molecule has 0 unspecified atom stereocenters. The van der Waals surface area contributed by atoms with Crippen molar-refractivity contribution in [3.8, 4) is 6.07 Å². The number of rotatable bonds is 6. The van der Waals surface area contributed by atoms with Gasteiger partial charge in [-0.3, -0.25) is 10.1 Å². The second kappa shape index (κ2) is 6.36. The molecule has 1 rings (SSSR count). The lowest BCUT2D eigenvalue weighted by Crippen LogP contribution is -2.25. The summed E-state index contributed by atoms with van der Waals surface area (Å²) in [5, 5.41) is 19.3. The lowest BCUT2D eigenvalue weighted by Gasteiger charge is -2.20. The third-order valence-electron chi connectivity index (χ3n) is 2.35. The van der Waals surface area contributed by atoms with E-state index in [1.807, 2.05) is 13.0 Å². The van der Waals surface area contributed by atoms with Crippen molar-refractivity contribution in [3.05, 3.63) is 22.2 Å². The van der Waals surface area contributed by atoms with Crippen LogP contribution in [0.5, 0.6) is 0 Å². The van der Waals surface area contributed by atoms with Crippen LogP contribution >= 0.6 is 0 Å². The van der Waals surface area contributed by atoms with Gasteiger partial charge < -0.3 is 10.3 Å². The Morgan fingerprint density at radius 1 is 1.67 bits per heavy atom. The Kier molecular flexibility index (Phi) is 4.83. The first kappa shape index (κ1) is 13.7. The van der Waals surface area contributed by atoms with Crippen LogP contribution in [-0.4, -0.2) is 23.0 Å². The average Bonchev–Trinajstić information content (AvgIpc) is 2.39. The molecule has 1 heterocycles. The van der Waals surface area contributed by atoms with Gasteiger partial charge in [-0.2, -0.15) is 5.26 Å². The molecule has 1 aromatic rings. The Morgan fingerprint density at radius 3 is 2.89 bits per heavy atom. The van der Waals surface area contributed by atoms with E-state index in [1.165, 1.54) is 12.1 Å². The van der Waals surface area contributed by atoms with Gasteiger partial charge in [0.05, 0.1) is 29.5 Å². The molecule has 0 fully saturated rings. The van der Waals surface area contributed by atoms with E-state index in [-0.39, 0.29) is 11.5 Å². The van der Waals surface area contributed by atoms with Gasteiger partial charge in [-0.05, 0) is 6.92 Å². The Balaban J connectivity index is 3.09. The van der Waals surface area contributed by atoms with E-state index in [1.54, 1.807) is 4.90 Å². The number of aromatic nitrogens is 1. The number of hydrogen-bond acceptors (Lipinski definition) is 7. The minimum atomic E-state index is -0.510. The van der Waals surface area contributed by atoms with Gasteiger partial charge in [0.2, 0.25) is 0 Å². The van der Waals surface area contributed by atoms with Gasteiger partial charge in [-0.15, -0.1) is 0 Å². The molecule has 0 aliphatic carbocycles. The van der Waals surface area contributed by atoms with Crippen molar-refractivity contribution in [2.45, 2.75) is 13.3 Å². The summed E-state index contributed by atoms with van der Waals surface area (Å²) in [4.78, 5) is 16.2. The smallest absolute Gasteiger partial charge is 0.276 e. The number of nitrogens with one attached hydrogen (secondary N) is 1. The number of hydrogen-bond donors (Lipinski definition) is 2. The number of hydrazine groups is 1. The van der Waals surface area contributed by atoms with Crippen molar-refractivity contribution in [2.24, 2.45) is 5.84 Å². The fraction of sp³-hybridized carbons (Fsp3) is 0.400. The van der Waals surface area contributed by atoms with Crippen LogP contribution in [0.25, 0.3) is 0 Å². The minimum absolute atomic E-state index is 0.0941. The first-order valence-corrected chi connectivity index (χ1v) is 5.37. The standard InChI is InChI=1S/C10H14N6O2/c1-2-15(5-3-4-11)10-7-8(16(17)18)6-9(13-10)14-12/h6-7H,2-3,5,12H2,1H3,(H,13,14). The summed E-state index contributed by atoms with van der Waals surface area (Å²) in [7, 11) is 0. The van der Waals surface area contributed by atoms with Crippen LogP contribution in [0.2, 0.25) is 0 Å². The summed E-state index contributed by atoms with van der Waals surface area (Å²) < 4.78 is 0. The molecule has 0 saturated carbocycles. The van der Waals surface area contributed by atoms with Gasteiger partial charge in [0.1, 0.15) is 11.6 Å². The van der Waals surface area contributed by atoms with Gasteiger partial charge in [-0.25, -0.2) is 10.8 Å². The summed E-state index contributed by atoms with van der Waals surface area (Å²) in [5.74, 6) is 5.87. The number of nitrogens with zero attached hydrogens (tertiary/aromatic N) is 4. The Morgan fingerprint density at radius 2 is 2.39 bits per heavy atom. The summed E-state index contributed by atoms with van der Waals surface area (Å²) in [6.07, 6.45) is 0.323. The molecule has 8 heteroatoms. The molecular formula is C10H14N6O2. The van der Waals surface area contributed by atoms with E-state index in [0.717, 1.165) is 0 Å². The highest BCUT2D eigenvalue weighted by molar-refractivity contribution is 5.55. The molecule has 0 saturated heterocycles. The summed E-state index contributed by atoms with van der Waals surface area (Å²) in [6, 6.07) is 4.64. The van der Waals surface area contributed by atoms with E-state index in [9.17, 15) is 10.1 Å². The maximum Gasteiger partial charge on any atom is 0.276 e. The maximum atomic E-state index is 10.8. The summed E-state index contributed by atoms with van der Waals surface area (Å²) in [6.45, 7) is 2.94. The molecule has 0 atom stereocenters. The third-order valence-corrected chi connectivity index (χ3v) is 2.35. The molecule has 96 valence electrons. The lowest BCUT2D eigenvalue weighted by atomic mass is 10.3. The van der Waals surface area contributed by atoms with Crippen LogP contribution in [-0.2, 0) is 0 Å². The predicted octanol–water partition coefficient (Wildman–Crippen LogP) is 1.02. The normalized spacial score (nSPS) is 9.61. The van der Waals surface area contributed by atoms with Crippen molar-refractivity contribution < 1.29 is 4.92 Å². The first-order chi connectivity index (χ1) is 8.62. The van der Waals surface area contributed by atoms with E-state index in [0.29, 0.717) is 25.3 Å². The Bertz CT molecular complexity index is 470. The predicted molar refractivity (Wildman–Crippen MR) is 66.8 cm³/mol. The molecule has 18 heavy (non-hydrogen) atoms. The number of anilines is 2. The molecule has 3 N–H and O–H groups in total. The number of nitriles is 1. The van der Waals surface area contributed by atoms with Crippen molar-refractivity contribution in [1.82, 2.24) is 4.98 Å². The molecule has 0 aliphatic rings. The largest absolute Gasteiger partial charge is 0.356 e. The Hall–Kier alpha value is -2.40. The molecule has 0 amide bonds. The minimum Gasteiger partial charge on any atom is -0.356 e. The first-order valence-electron chi connectivity index (χ1n) is 5.37. The maximum absolute atomic E-state index is 10.8. The van der Waals surface area contributed by atoms with E-state index >= 15 is 0 Å². The zero-order valence-corrected chi connectivity index (χ0v) is 9.96. The second-order valence-corrected chi connectivity index (χ2v) is 3.46. The molecule has 0 radical (unpaired) electrons. The quantitative estimate of drug-likeness (QED) is 0.439. The SMILES string of the molecule is CCN(CCC#N)c1cc([N+](=O)[O-])cc(NN)n1. The number of nitrogen functional groups attached to an aromatic ring is 1. The van der Waals surface area contributed by atoms with Gasteiger partial charge in [-0.1, -0.05) is 0 Å². The van der Waals surface area contributed by atoms with Crippen molar-refractivity contribution in [1.29, 1.82) is 5.26 Å². The van der Waals surface area contributed by atoms with E-state index in [2.05, 4.69) is 10.4 Å². The zero-order valence-electron chi connectivity index (χ0n) is 9.96.